The summed E-state index contributed by atoms with van der Waals surface area (Å²) in [5.74, 6) is -0.339. The maximum Gasteiger partial charge on any atom is 0.329 e. The van der Waals surface area contributed by atoms with E-state index in [1.807, 2.05) is 12.1 Å². The summed E-state index contributed by atoms with van der Waals surface area (Å²) < 4.78 is 0. The van der Waals surface area contributed by atoms with Crippen molar-refractivity contribution in [1.29, 1.82) is 0 Å². The molecule has 5 heteroatoms. The fourth-order valence-electron chi connectivity index (χ4n) is 1.15. The van der Waals surface area contributed by atoms with Crippen molar-refractivity contribution in [2.24, 2.45) is 4.99 Å². The lowest BCUT2D eigenvalue weighted by Crippen LogP contribution is -2.17. The van der Waals surface area contributed by atoms with Gasteiger partial charge < -0.3 is 5.11 Å². The lowest BCUT2D eigenvalue weighted by molar-refractivity contribution is -0.137. The number of carboxylic acids is 1. The van der Waals surface area contributed by atoms with Crippen LogP contribution < -0.4 is 0 Å². The molecule has 1 atom stereocenters. The van der Waals surface area contributed by atoms with Gasteiger partial charge in [-0.2, -0.15) is 0 Å². The largest absolute Gasteiger partial charge is 0.480 e. The van der Waals surface area contributed by atoms with Crippen LogP contribution in [0.4, 0.5) is 0 Å². The standard InChI is InChI=1S/C9H8N2O2S/c12-9(13)7-5-14-8(11-7)6-1-3-10-4-2-6/h1-4,7H,5H2,(H,12,13)/t7-/m1/s1. The number of aliphatic imine (C=N–C) groups is 1. The van der Waals surface area contributed by atoms with E-state index in [0.29, 0.717) is 5.75 Å². The molecule has 0 fully saturated rings. The van der Waals surface area contributed by atoms with Gasteiger partial charge in [-0.05, 0) is 12.1 Å². The first-order valence-corrected chi connectivity index (χ1v) is 5.10. The van der Waals surface area contributed by atoms with E-state index in [1.165, 1.54) is 11.8 Å². The quantitative estimate of drug-likeness (QED) is 0.788. The number of nitrogens with zero attached hydrogens (tertiary/aromatic N) is 2. The van der Waals surface area contributed by atoms with Gasteiger partial charge in [0.15, 0.2) is 6.04 Å². The number of hydrogen-bond donors (Lipinski definition) is 1. The molecular formula is C9H8N2O2S. The second kappa shape index (κ2) is 3.79. The summed E-state index contributed by atoms with van der Waals surface area (Å²) in [7, 11) is 0. The molecule has 1 N–H and O–H groups in total. The average Bonchev–Trinajstić information content (AvgIpc) is 2.68. The minimum absolute atomic E-state index is 0.521. The van der Waals surface area contributed by atoms with Crippen molar-refractivity contribution in [2.75, 3.05) is 5.75 Å². The van der Waals surface area contributed by atoms with Crippen LogP contribution >= 0.6 is 11.8 Å². The van der Waals surface area contributed by atoms with Crippen molar-refractivity contribution in [3.63, 3.8) is 0 Å². The Labute approximate surface area is 85.1 Å². The molecule has 0 aliphatic carbocycles. The van der Waals surface area contributed by atoms with Crippen LogP contribution in [-0.2, 0) is 4.79 Å². The van der Waals surface area contributed by atoms with Gasteiger partial charge in [0, 0.05) is 23.7 Å². The van der Waals surface area contributed by atoms with Gasteiger partial charge in [-0.15, -0.1) is 11.8 Å². The summed E-state index contributed by atoms with van der Waals surface area (Å²) in [5.41, 5.74) is 0.939. The van der Waals surface area contributed by atoms with Crippen LogP contribution in [-0.4, -0.2) is 32.9 Å². The molecule has 1 aromatic rings. The van der Waals surface area contributed by atoms with Crippen molar-refractivity contribution in [2.45, 2.75) is 6.04 Å². The zero-order chi connectivity index (χ0) is 9.97. The van der Waals surface area contributed by atoms with Crippen LogP contribution in [0.25, 0.3) is 0 Å². The van der Waals surface area contributed by atoms with E-state index in [4.69, 9.17) is 5.11 Å². The Balaban J connectivity index is 2.22. The first-order chi connectivity index (χ1) is 6.77. The molecule has 0 unspecified atom stereocenters. The molecule has 0 saturated heterocycles. The smallest absolute Gasteiger partial charge is 0.329 e. The fraction of sp³-hybridized carbons (Fsp3) is 0.222. The maximum atomic E-state index is 10.6. The first kappa shape index (κ1) is 9.21. The Morgan fingerprint density at radius 3 is 2.79 bits per heavy atom. The SMILES string of the molecule is O=C(O)[C@H]1CSC(c2ccncc2)=N1. The van der Waals surface area contributed by atoms with E-state index in [1.54, 1.807) is 12.4 Å². The summed E-state index contributed by atoms with van der Waals surface area (Å²) in [5, 5.41) is 9.54. The predicted octanol–water partition coefficient (Wildman–Crippen LogP) is 1.03. The monoisotopic (exact) mass is 208 g/mol. The van der Waals surface area contributed by atoms with E-state index >= 15 is 0 Å². The lowest BCUT2D eigenvalue weighted by atomic mass is 10.3. The molecule has 0 spiro atoms. The fourth-order valence-corrected chi connectivity index (χ4v) is 2.19. The molecule has 0 radical (unpaired) electrons. The molecule has 1 aromatic heterocycles. The van der Waals surface area contributed by atoms with Crippen LogP contribution in [0.1, 0.15) is 5.56 Å². The first-order valence-electron chi connectivity index (χ1n) is 4.11. The molecule has 2 heterocycles. The van der Waals surface area contributed by atoms with Crippen LogP contribution in [0.15, 0.2) is 29.5 Å². The van der Waals surface area contributed by atoms with Crippen LogP contribution in [0.5, 0.6) is 0 Å². The minimum Gasteiger partial charge on any atom is -0.480 e. The molecule has 0 saturated carbocycles. The van der Waals surface area contributed by atoms with Gasteiger partial charge in [-0.25, -0.2) is 4.79 Å². The van der Waals surface area contributed by atoms with Crippen LogP contribution in [0, 0.1) is 0 Å². The zero-order valence-corrected chi connectivity index (χ0v) is 8.07. The summed E-state index contributed by atoms with van der Waals surface area (Å²) in [6, 6.07) is 3.06. The summed E-state index contributed by atoms with van der Waals surface area (Å²) in [4.78, 5) is 18.6. The highest BCUT2D eigenvalue weighted by molar-refractivity contribution is 8.14. The number of carbonyl (C=O) groups is 1. The third-order valence-electron chi connectivity index (χ3n) is 1.86. The molecule has 72 valence electrons. The number of hydrogen-bond acceptors (Lipinski definition) is 4. The number of carboxylic acid groups (broad SMARTS) is 1. The number of thioether (sulfide) groups is 1. The van der Waals surface area contributed by atoms with Gasteiger partial charge in [-0.1, -0.05) is 0 Å². The molecule has 2 rings (SSSR count). The third kappa shape index (κ3) is 1.77. The summed E-state index contributed by atoms with van der Waals surface area (Å²) in [6.45, 7) is 0. The van der Waals surface area contributed by atoms with Crippen molar-refractivity contribution in [3.8, 4) is 0 Å². The predicted molar refractivity (Wildman–Crippen MR) is 54.7 cm³/mol. The molecular weight excluding hydrogens is 200 g/mol. The Morgan fingerprint density at radius 2 is 2.21 bits per heavy atom. The van der Waals surface area contributed by atoms with E-state index in [2.05, 4.69) is 9.98 Å². The summed E-state index contributed by atoms with van der Waals surface area (Å²) >= 11 is 1.47. The Hall–Kier alpha value is -1.36. The maximum absolute atomic E-state index is 10.6. The number of rotatable bonds is 2. The molecule has 0 amide bonds. The second-order valence-corrected chi connectivity index (χ2v) is 3.84. The van der Waals surface area contributed by atoms with E-state index in [0.717, 1.165) is 10.6 Å². The molecule has 1 aliphatic rings. The Bertz CT molecular complexity index is 378. The van der Waals surface area contributed by atoms with Crippen molar-refractivity contribution < 1.29 is 9.90 Å². The van der Waals surface area contributed by atoms with Gasteiger partial charge >= 0.3 is 5.97 Å². The Morgan fingerprint density at radius 1 is 1.50 bits per heavy atom. The Kier molecular flexibility index (Phi) is 2.49. The van der Waals surface area contributed by atoms with Crippen LogP contribution in [0.3, 0.4) is 0 Å². The van der Waals surface area contributed by atoms with Gasteiger partial charge in [0.25, 0.3) is 0 Å². The second-order valence-electron chi connectivity index (χ2n) is 2.84. The molecule has 4 nitrogen and oxygen atoms in total. The van der Waals surface area contributed by atoms with Gasteiger partial charge in [0.1, 0.15) is 0 Å². The van der Waals surface area contributed by atoms with Gasteiger partial charge in [0.2, 0.25) is 0 Å². The molecule has 0 bridgehead atoms. The van der Waals surface area contributed by atoms with Gasteiger partial charge in [0.05, 0.1) is 5.04 Å². The third-order valence-corrected chi connectivity index (χ3v) is 2.96. The highest BCUT2D eigenvalue weighted by Crippen LogP contribution is 2.22. The molecule has 14 heavy (non-hydrogen) atoms. The summed E-state index contributed by atoms with van der Waals surface area (Å²) in [6.07, 6.45) is 3.35. The highest BCUT2D eigenvalue weighted by atomic mass is 32.2. The lowest BCUT2D eigenvalue weighted by Gasteiger charge is -1.96. The normalized spacial score (nSPS) is 20.6. The molecule has 1 aliphatic heterocycles. The topological polar surface area (TPSA) is 62.5 Å². The van der Waals surface area contributed by atoms with E-state index in [9.17, 15) is 4.79 Å². The van der Waals surface area contributed by atoms with Gasteiger partial charge in [-0.3, -0.25) is 9.98 Å². The zero-order valence-electron chi connectivity index (χ0n) is 7.25. The van der Waals surface area contributed by atoms with E-state index in [-0.39, 0.29) is 0 Å². The van der Waals surface area contributed by atoms with Crippen molar-refractivity contribution >= 4 is 22.8 Å². The van der Waals surface area contributed by atoms with Crippen LogP contribution in [0.2, 0.25) is 0 Å². The highest BCUT2D eigenvalue weighted by Gasteiger charge is 2.24. The average molecular weight is 208 g/mol. The van der Waals surface area contributed by atoms with Crippen molar-refractivity contribution in [1.82, 2.24) is 4.98 Å². The minimum atomic E-state index is -0.860. The number of aromatic nitrogens is 1. The van der Waals surface area contributed by atoms with Crippen molar-refractivity contribution in [3.05, 3.63) is 30.1 Å². The van der Waals surface area contributed by atoms with E-state index < -0.39 is 12.0 Å². The number of aliphatic carboxylic acids is 1. The number of pyridine rings is 1. The molecule has 0 aromatic carbocycles.